The van der Waals surface area contributed by atoms with Crippen molar-refractivity contribution in [2.24, 2.45) is 0 Å². The molecule has 0 unspecified atom stereocenters. The SMILES string of the molecule is COc1cc2c(cc1-c1c(C)noc1C)cc(-c1ccc(F)cc1F)c(=O)n2Cc1ccccn1. The zero-order valence-corrected chi connectivity index (χ0v) is 19.3. The molecule has 0 atom stereocenters. The summed E-state index contributed by atoms with van der Waals surface area (Å²) in [4.78, 5) is 18.0. The van der Waals surface area contributed by atoms with Crippen LogP contribution in [0.5, 0.6) is 5.75 Å². The zero-order valence-electron chi connectivity index (χ0n) is 19.3. The van der Waals surface area contributed by atoms with Crippen LogP contribution < -0.4 is 10.3 Å². The Morgan fingerprint density at radius 2 is 1.80 bits per heavy atom. The fourth-order valence-corrected chi connectivity index (χ4v) is 4.35. The van der Waals surface area contributed by atoms with Gasteiger partial charge in [-0.25, -0.2) is 8.78 Å². The Kier molecular flexibility index (Phi) is 5.64. The molecule has 0 spiro atoms. The maximum atomic E-state index is 14.8. The van der Waals surface area contributed by atoms with Crippen LogP contribution in [-0.2, 0) is 6.54 Å². The number of pyridine rings is 2. The number of aryl methyl sites for hydroxylation is 2. The van der Waals surface area contributed by atoms with Crippen molar-refractivity contribution in [2.75, 3.05) is 7.11 Å². The second-order valence-electron chi connectivity index (χ2n) is 8.21. The lowest BCUT2D eigenvalue weighted by Gasteiger charge is -2.17. The Bertz CT molecular complexity index is 1610. The highest BCUT2D eigenvalue weighted by Crippen LogP contribution is 2.38. The second kappa shape index (κ2) is 8.79. The predicted octanol–water partition coefficient (Wildman–Crippen LogP) is 5.67. The van der Waals surface area contributed by atoms with Crippen LogP contribution >= 0.6 is 0 Å². The summed E-state index contributed by atoms with van der Waals surface area (Å²) in [6.07, 6.45) is 1.64. The summed E-state index contributed by atoms with van der Waals surface area (Å²) in [7, 11) is 1.55. The van der Waals surface area contributed by atoms with Gasteiger partial charge >= 0.3 is 0 Å². The van der Waals surface area contributed by atoms with Crippen LogP contribution in [0.1, 0.15) is 17.1 Å². The molecule has 0 saturated heterocycles. The van der Waals surface area contributed by atoms with E-state index in [-0.39, 0.29) is 17.7 Å². The summed E-state index contributed by atoms with van der Waals surface area (Å²) in [6, 6.07) is 13.8. The Hall–Kier alpha value is -4.33. The molecule has 0 bridgehead atoms. The fraction of sp³-hybridized carbons (Fsp3) is 0.148. The lowest BCUT2D eigenvalue weighted by molar-refractivity contribution is 0.393. The smallest absolute Gasteiger partial charge is 0.259 e. The average molecular weight is 473 g/mol. The van der Waals surface area contributed by atoms with E-state index in [0.717, 1.165) is 23.3 Å². The Balaban J connectivity index is 1.84. The lowest BCUT2D eigenvalue weighted by Crippen LogP contribution is -2.23. The monoisotopic (exact) mass is 473 g/mol. The molecule has 6 nitrogen and oxygen atoms in total. The maximum Gasteiger partial charge on any atom is 0.259 e. The van der Waals surface area contributed by atoms with Crippen LogP contribution in [0, 0.1) is 25.5 Å². The summed E-state index contributed by atoms with van der Waals surface area (Å²) >= 11 is 0. The normalized spacial score (nSPS) is 11.2. The van der Waals surface area contributed by atoms with E-state index in [1.54, 1.807) is 44.5 Å². The summed E-state index contributed by atoms with van der Waals surface area (Å²) in [5.74, 6) is -0.384. The Labute approximate surface area is 199 Å². The topological polar surface area (TPSA) is 70.2 Å². The van der Waals surface area contributed by atoms with Crippen molar-refractivity contribution >= 4 is 10.9 Å². The first-order valence-corrected chi connectivity index (χ1v) is 10.9. The van der Waals surface area contributed by atoms with Crippen molar-refractivity contribution in [3.05, 3.63) is 99.9 Å². The van der Waals surface area contributed by atoms with E-state index in [0.29, 0.717) is 33.8 Å². The van der Waals surface area contributed by atoms with E-state index in [4.69, 9.17) is 9.26 Å². The molecule has 0 saturated carbocycles. The molecule has 3 heterocycles. The minimum absolute atomic E-state index is 0.0165. The highest BCUT2D eigenvalue weighted by molar-refractivity contribution is 5.92. The third kappa shape index (κ3) is 3.97. The third-order valence-corrected chi connectivity index (χ3v) is 5.99. The molecule has 176 valence electrons. The first-order chi connectivity index (χ1) is 16.9. The van der Waals surface area contributed by atoms with Crippen molar-refractivity contribution in [1.29, 1.82) is 0 Å². The summed E-state index contributed by atoms with van der Waals surface area (Å²) in [6.45, 7) is 3.79. The molecule has 0 radical (unpaired) electrons. The van der Waals surface area contributed by atoms with Crippen molar-refractivity contribution < 1.29 is 18.0 Å². The highest BCUT2D eigenvalue weighted by Gasteiger charge is 2.21. The number of benzene rings is 2. The fourth-order valence-electron chi connectivity index (χ4n) is 4.35. The second-order valence-corrected chi connectivity index (χ2v) is 8.21. The van der Waals surface area contributed by atoms with Gasteiger partial charge < -0.3 is 13.8 Å². The molecule has 0 N–H and O–H groups in total. The minimum atomic E-state index is -0.815. The van der Waals surface area contributed by atoms with Gasteiger partial charge in [0.05, 0.1) is 41.7 Å². The molecular formula is C27H21F2N3O3. The molecule has 8 heteroatoms. The minimum Gasteiger partial charge on any atom is -0.496 e. The maximum absolute atomic E-state index is 14.8. The van der Waals surface area contributed by atoms with Gasteiger partial charge in [-0.3, -0.25) is 9.78 Å². The van der Waals surface area contributed by atoms with E-state index >= 15 is 0 Å². The van der Waals surface area contributed by atoms with Crippen LogP contribution in [0.3, 0.4) is 0 Å². The largest absolute Gasteiger partial charge is 0.496 e. The Morgan fingerprint density at radius 3 is 2.46 bits per heavy atom. The number of hydrogen-bond acceptors (Lipinski definition) is 5. The van der Waals surface area contributed by atoms with Gasteiger partial charge in [0.2, 0.25) is 0 Å². The first kappa shape index (κ1) is 22.5. The number of rotatable bonds is 5. The van der Waals surface area contributed by atoms with Gasteiger partial charge in [-0.05, 0) is 55.6 Å². The molecule has 5 aromatic rings. The summed E-state index contributed by atoms with van der Waals surface area (Å²) in [5, 5.41) is 4.70. The third-order valence-electron chi connectivity index (χ3n) is 5.99. The molecule has 0 aliphatic rings. The van der Waals surface area contributed by atoms with E-state index < -0.39 is 17.2 Å². The molecule has 5 rings (SSSR count). The predicted molar refractivity (Wildman–Crippen MR) is 128 cm³/mol. The molecule has 0 fully saturated rings. The van der Waals surface area contributed by atoms with Gasteiger partial charge in [0.25, 0.3) is 5.56 Å². The number of fused-ring (bicyclic) bond motifs is 1. The van der Waals surface area contributed by atoms with Crippen molar-refractivity contribution in [3.8, 4) is 28.0 Å². The first-order valence-electron chi connectivity index (χ1n) is 10.9. The van der Waals surface area contributed by atoms with Crippen LogP contribution in [0.25, 0.3) is 33.2 Å². The van der Waals surface area contributed by atoms with E-state index in [2.05, 4.69) is 10.1 Å². The number of halogens is 2. The van der Waals surface area contributed by atoms with Crippen LogP contribution in [0.15, 0.2) is 70.1 Å². The summed E-state index contributed by atoms with van der Waals surface area (Å²) in [5.41, 5.74) is 3.13. The van der Waals surface area contributed by atoms with E-state index in [1.807, 2.05) is 19.1 Å². The molecule has 35 heavy (non-hydrogen) atoms. The molecule has 2 aromatic carbocycles. The number of methoxy groups -OCH3 is 1. The van der Waals surface area contributed by atoms with Gasteiger partial charge in [-0.2, -0.15) is 0 Å². The van der Waals surface area contributed by atoms with Crippen molar-refractivity contribution in [2.45, 2.75) is 20.4 Å². The van der Waals surface area contributed by atoms with Gasteiger partial charge in [-0.1, -0.05) is 11.2 Å². The number of aromatic nitrogens is 3. The number of ether oxygens (including phenoxy) is 1. The van der Waals surface area contributed by atoms with Crippen LogP contribution in [0.4, 0.5) is 8.78 Å². The van der Waals surface area contributed by atoms with Crippen molar-refractivity contribution in [1.82, 2.24) is 14.7 Å². The molecule has 0 aliphatic heterocycles. The molecular weight excluding hydrogens is 452 g/mol. The van der Waals surface area contributed by atoms with Crippen LogP contribution in [-0.4, -0.2) is 21.8 Å². The molecule has 0 aliphatic carbocycles. The van der Waals surface area contributed by atoms with E-state index in [9.17, 15) is 13.6 Å². The number of hydrogen-bond donors (Lipinski definition) is 0. The van der Waals surface area contributed by atoms with Gasteiger partial charge in [0.1, 0.15) is 23.1 Å². The molecule has 3 aromatic heterocycles. The van der Waals surface area contributed by atoms with Crippen LogP contribution in [0.2, 0.25) is 0 Å². The van der Waals surface area contributed by atoms with Gasteiger partial charge in [0.15, 0.2) is 0 Å². The quantitative estimate of drug-likeness (QED) is 0.329. The van der Waals surface area contributed by atoms with Gasteiger partial charge in [-0.15, -0.1) is 0 Å². The average Bonchev–Trinajstić information content (AvgIpc) is 3.18. The highest BCUT2D eigenvalue weighted by atomic mass is 19.1. The number of nitrogens with zero attached hydrogens (tertiary/aromatic N) is 3. The Morgan fingerprint density at radius 1 is 1.00 bits per heavy atom. The van der Waals surface area contributed by atoms with Crippen molar-refractivity contribution in [3.63, 3.8) is 0 Å². The summed E-state index contributed by atoms with van der Waals surface area (Å²) < 4.78 is 40.9. The van der Waals surface area contributed by atoms with Gasteiger partial charge in [0, 0.05) is 29.5 Å². The standard InChI is InChI=1S/C27H21F2N3O3/c1-15-26(16(2)35-31-15)22-11-17-10-21(20-8-7-18(28)12-23(20)29)27(33)32(24(17)13-25(22)34-3)14-19-6-4-5-9-30-19/h4-13H,14H2,1-3H3. The van der Waals surface area contributed by atoms with E-state index in [1.165, 1.54) is 10.6 Å². The zero-order chi connectivity index (χ0) is 24.7. The lowest BCUT2D eigenvalue weighted by atomic mass is 9.98. The molecule has 0 amide bonds.